The highest BCUT2D eigenvalue weighted by Gasteiger charge is 2.35. The summed E-state index contributed by atoms with van der Waals surface area (Å²) in [5.74, 6) is 0.960. The van der Waals surface area contributed by atoms with Gasteiger partial charge in [0.1, 0.15) is 17.5 Å². The highest BCUT2D eigenvalue weighted by atomic mass is 15.2. The van der Waals surface area contributed by atoms with Crippen LogP contribution in [0.5, 0.6) is 0 Å². The Bertz CT molecular complexity index is 1130. The van der Waals surface area contributed by atoms with E-state index in [1.165, 1.54) is 0 Å². The third-order valence-electron chi connectivity index (χ3n) is 5.29. The molecule has 1 aliphatic rings. The molecule has 0 bridgehead atoms. The second kappa shape index (κ2) is 6.99. The van der Waals surface area contributed by atoms with Crippen molar-refractivity contribution >= 4 is 22.9 Å². The summed E-state index contributed by atoms with van der Waals surface area (Å²) in [4.78, 5) is 6.37. The zero-order chi connectivity index (χ0) is 20.6. The first-order valence-electron chi connectivity index (χ1n) is 9.48. The van der Waals surface area contributed by atoms with Crippen LogP contribution in [0.2, 0.25) is 0 Å². The second-order valence-electron chi connectivity index (χ2n) is 7.57. The molecular formula is C24H23N5. The Labute approximate surface area is 171 Å². The minimum absolute atomic E-state index is 0.403. The van der Waals surface area contributed by atoms with Crippen molar-refractivity contribution in [3.05, 3.63) is 89.0 Å². The van der Waals surface area contributed by atoms with E-state index in [4.69, 9.17) is 5.73 Å². The molecule has 5 heteroatoms. The van der Waals surface area contributed by atoms with Crippen molar-refractivity contribution < 1.29 is 0 Å². The topological polar surface area (TPSA) is 78.0 Å². The van der Waals surface area contributed by atoms with E-state index in [0.29, 0.717) is 17.2 Å². The minimum atomic E-state index is -0.511. The number of hydrogen-bond acceptors (Lipinski definition) is 5. The predicted molar refractivity (Wildman–Crippen MR) is 119 cm³/mol. The summed E-state index contributed by atoms with van der Waals surface area (Å²) in [6.07, 6.45) is 2.18. The van der Waals surface area contributed by atoms with Crippen LogP contribution < -0.4 is 16.0 Å². The maximum Gasteiger partial charge on any atom is 0.150 e. The van der Waals surface area contributed by atoms with Crippen LogP contribution in [0.1, 0.15) is 29.2 Å². The number of nitrogens with zero attached hydrogens (tertiary/aromatic N) is 3. The van der Waals surface area contributed by atoms with Crippen molar-refractivity contribution in [2.24, 2.45) is 0 Å². The predicted octanol–water partition coefficient (Wildman–Crippen LogP) is 4.37. The van der Waals surface area contributed by atoms with Crippen LogP contribution >= 0.6 is 0 Å². The van der Waals surface area contributed by atoms with Gasteiger partial charge in [-0.25, -0.2) is 4.98 Å². The van der Waals surface area contributed by atoms with Gasteiger partial charge in [-0.3, -0.25) is 0 Å². The zero-order valence-corrected chi connectivity index (χ0v) is 16.8. The number of benzene rings is 2. The number of pyridine rings is 1. The standard InChI is InChI=1S/C24H23N5/c1-24(17-12-8-5-9-13-17)14-18(16-10-6-4-7-11-16)20-21(28-24)19(15-25)23(29(2)3)27-22(20)26/h4-14,28H,1-3H3,(H2,26,27). The average molecular weight is 381 g/mol. The van der Waals surface area contributed by atoms with Crippen LogP contribution in [0, 0.1) is 11.3 Å². The fraction of sp³-hybridized carbons (Fsp3) is 0.167. The number of nitrogens with two attached hydrogens (primary N) is 1. The van der Waals surface area contributed by atoms with Gasteiger partial charge in [0, 0.05) is 19.7 Å². The van der Waals surface area contributed by atoms with Gasteiger partial charge in [-0.15, -0.1) is 0 Å². The van der Waals surface area contributed by atoms with Gasteiger partial charge >= 0.3 is 0 Å². The molecule has 5 nitrogen and oxygen atoms in total. The number of nitrogen functional groups attached to an aromatic ring is 1. The van der Waals surface area contributed by atoms with Crippen LogP contribution in [0.15, 0.2) is 66.7 Å². The molecule has 1 aromatic heterocycles. The number of nitrogens with one attached hydrogen (secondary N) is 1. The third-order valence-corrected chi connectivity index (χ3v) is 5.29. The van der Waals surface area contributed by atoms with Crippen molar-refractivity contribution in [2.45, 2.75) is 12.5 Å². The Balaban J connectivity index is 2.06. The lowest BCUT2D eigenvalue weighted by molar-refractivity contribution is 0.684. The van der Waals surface area contributed by atoms with E-state index in [1.54, 1.807) is 0 Å². The maximum atomic E-state index is 9.99. The quantitative estimate of drug-likeness (QED) is 0.704. The summed E-state index contributed by atoms with van der Waals surface area (Å²) in [5.41, 5.74) is 11.0. The van der Waals surface area contributed by atoms with Crippen molar-refractivity contribution in [3.8, 4) is 6.07 Å². The van der Waals surface area contributed by atoms with Crippen LogP contribution in [-0.4, -0.2) is 19.1 Å². The van der Waals surface area contributed by atoms with Gasteiger partial charge in [-0.1, -0.05) is 60.7 Å². The van der Waals surface area contributed by atoms with E-state index in [2.05, 4.69) is 53.6 Å². The fourth-order valence-corrected chi connectivity index (χ4v) is 3.86. The number of rotatable bonds is 3. The normalized spacial score (nSPS) is 17.5. The molecule has 3 aromatic rings. The monoisotopic (exact) mass is 381 g/mol. The zero-order valence-electron chi connectivity index (χ0n) is 16.8. The summed E-state index contributed by atoms with van der Waals surface area (Å²) in [7, 11) is 3.73. The number of hydrogen-bond donors (Lipinski definition) is 2. The molecule has 0 radical (unpaired) electrons. The SMILES string of the molecule is CN(C)c1nc(N)c2c(c1C#N)NC(C)(c1ccccc1)C=C2c1ccccc1. The van der Waals surface area contributed by atoms with E-state index in [0.717, 1.165) is 28.0 Å². The van der Waals surface area contributed by atoms with E-state index < -0.39 is 5.54 Å². The largest absolute Gasteiger partial charge is 0.383 e. The molecule has 0 saturated heterocycles. The summed E-state index contributed by atoms with van der Waals surface area (Å²) in [6, 6.07) is 22.6. The number of nitriles is 1. The lowest BCUT2D eigenvalue weighted by Crippen LogP contribution is -2.34. The van der Waals surface area contributed by atoms with E-state index >= 15 is 0 Å². The smallest absolute Gasteiger partial charge is 0.150 e. The first-order valence-corrected chi connectivity index (χ1v) is 9.48. The van der Waals surface area contributed by atoms with E-state index in [-0.39, 0.29) is 0 Å². The van der Waals surface area contributed by atoms with Crippen molar-refractivity contribution in [3.63, 3.8) is 0 Å². The molecule has 0 fully saturated rings. The number of aromatic nitrogens is 1. The van der Waals surface area contributed by atoms with Gasteiger partial charge < -0.3 is 16.0 Å². The molecule has 1 unspecified atom stereocenters. The fourth-order valence-electron chi connectivity index (χ4n) is 3.86. The van der Waals surface area contributed by atoms with E-state index in [9.17, 15) is 5.26 Å². The van der Waals surface area contributed by atoms with Gasteiger partial charge in [-0.2, -0.15) is 5.26 Å². The van der Waals surface area contributed by atoms with Crippen LogP contribution in [0.4, 0.5) is 17.3 Å². The molecule has 3 N–H and O–H groups in total. The summed E-state index contributed by atoms with van der Waals surface area (Å²) < 4.78 is 0. The van der Waals surface area contributed by atoms with Crippen molar-refractivity contribution in [2.75, 3.05) is 30.0 Å². The summed E-state index contributed by atoms with van der Waals surface area (Å²) in [5, 5.41) is 13.6. The molecule has 2 heterocycles. The van der Waals surface area contributed by atoms with Crippen molar-refractivity contribution in [1.29, 1.82) is 5.26 Å². The Morgan fingerprint density at radius 1 is 1.03 bits per heavy atom. The molecular weight excluding hydrogens is 358 g/mol. The lowest BCUT2D eigenvalue weighted by atomic mass is 9.81. The second-order valence-corrected chi connectivity index (χ2v) is 7.57. The Kier molecular flexibility index (Phi) is 4.48. The highest BCUT2D eigenvalue weighted by Crippen LogP contribution is 2.46. The van der Waals surface area contributed by atoms with Crippen LogP contribution in [-0.2, 0) is 5.54 Å². The Morgan fingerprint density at radius 3 is 2.24 bits per heavy atom. The first kappa shape index (κ1) is 18.6. The van der Waals surface area contributed by atoms with Gasteiger partial charge in [0.05, 0.1) is 11.2 Å². The summed E-state index contributed by atoms with van der Waals surface area (Å²) >= 11 is 0. The van der Waals surface area contributed by atoms with Crippen LogP contribution in [0.3, 0.4) is 0 Å². The third kappa shape index (κ3) is 3.09. The molecule has 0 amide bonds. The number of anilines is 3. The molecule has 1 atom stereocenters. The van der Waals surface area contributed by atoms with Crippen molar-refractivity contribution in [1.82, 2.24) is 4.98 Å². The van der Waals surface area contributed by atoms with Gasteiger partial charge in [0.25, 0.3) is 0 Å². The van der Waals surface area contributed by atoms with Crippen LogP contribution in [0.25, 0.3) is 5.57 Å². The molecule has 0 aliphatic carbocycles. The first-order chi connectivity index (χ1) is 13.9. The van der Waals surface area contributed by atoms with E-state index in [1.807, 2.05) is 55.4 Å². The van der Waals surface area contributed by atoms with Gasteiger partial charge in [0.15, 0.2) is 5.82 Å². The number of fused-ring (bicyclic) bond motifs is 1. The van der Waals surface area contributed by atoms with Gasteiger partial charge in [0.2, 0.25) is 0 Å². The molecule has 0 spiro atoms. The molecule has 4 rings (SSSR count). The lowest BCUT2D eigenvalue weighted by Gasteiger charge is -2.37. The molecule has 2 aromatic carbocycles. The summed E-state index contributed by atoms with van der Waals surface area (Å²) in [6.45, 7) is 2.11. The Hall–Kier alpha value is -3.78. The maximum absolute atomic E-state index is 9.99. The highest BCUT2D eigenvalue weighted by molar-refractivity contribution is 5.97. The Morgan fingerprint density at radius 2 is 1.66 bits per heavy atom. The minimum Gasteiger partial charge on any atom is -0.383 e. The molecule has 29 heavy (non-hydrogen) atoms. The molecule has 144 valence electrons. The molecule has 0 saturated carbocycles. The molecule has 1 aliphatic heterocycles. The average Bonchev–Trinajstić information content (AvgIpc) is 2.74. The van der Waals surface area contributed by atoms with Gasteiger partial charge in [-0.05, 0) is 29.7 Å².